The van der Waals surface area contributed by atoms with Crippen LogP contribution in [0.4, 0.5) is 10.1 Å². The third kappa shape index (κ3) is 2.74. The molecule has 0 aliphatic carbocycles. The van der Waals surface area contributed by atoms with E-state index in [9.17, 15) is 14.0 Å². The fourth-order valence-corrected chi connectivity index (χ4v) is 1.53. The highest BCUT2D eigenvalue weighted by molar-refractivity contribution is 6.31. The van der Waals surface area contributed by atoms with Crippen molar-refractivity contribution >= 4 is 29.2 Å². The molecule has 19 heavy (non-hydrogen) atoms. The molecule has 1 aromatic carbocycles. The maximum absolute atomic E-state index is 13.5. The van der Waals surface area contributed by atoms with Crippen molar-refractivity contribution in [3.05, 3.63) is 52.7 Å². The summed E-state index contributed by atoms with van der Waals surface area (Å²) in [5, 5.41) is 10.8. The van der Waals surface area contributed by atoms with Crippen LogP contribution in [-0.2, 0) is 0 Å². The fourth-order valence-electron chi connectivity index (χ4n) is 1.35. The van der Waals surface area contributed by atoms with E-state index >= 15 is 0 Å². The van der Waals surface area contributed by atoms with Gasteiger partial charge in [-0.05, 0) is 12.1 Å². The Balaban J connectivity index is 2.21. The molecule has 2 N–H and O–H groups in total. The van der Waals surface area contributed by atoms with Crippen LogP contribution in [0.15, 0.2) is 34.9 Å². The molecule has 0 saturated carbocycles. The van der Waals surface area contributed by atoms with Crippen LogP contribution < -0.4 is 5.32 Å². The topological polar surface area (TPSA) is 79.5 Å². The SMILES string of the molecule is O=C(O)c1coc(C(=O)Nc2cccc(Cl)c2F)c1. The van der Waals surface area contributed by atoms with Gasteiger partial charge in [-0.25, -0.2) is 9.18 Å². The number of hydrogen-bond donors (Lipinski definition) is 2. The zero-order chi connectivity index (χ0) is 14.0. The summed E-state index contributed by atoms with van der Waals surface area (Å²) in [4.78, 5) is 22.3. The van der Waals surface area contributed by atoms with Gasteiger partial charge in [0.05, 0.1) is 16.3 Å². The molecule has 0 atom stereocenters. The summed E-state index contributed by atoms with van der Waals surface area (Å²) in [5.41, 5.74) is -0.289. The van der Waals surface area contributed by atoms with E-state index in [0.717, 1.165) is 12.3 Å². The van der Waals surface area contributed by atoms with Crippen LogP contribution >= 0.6 is 11.6 Å². The number of carbonyl (C=O) groups is 2. The molecular weight excluding hydrogens is 277 g/mol. The molecule has 1 heterocycles. The molecular formula is C12H7ClFNO4. The van der Waals surface area contributed by atoms with Crippen molar-refractivity contribution in [2.24, 2.45) is 0 Å². The van der Waals surface area contributed by atoms with Gasteiger partial charge in [-0.3, -0.25) is 4.79 Å². The van der Waals surface area contributed by atoms with Crippen LogP contribution in [0, 0.1) is 5.82 Å². The molecule has 98 valence electrons. The van der Waals surface area contributed by atoms with Crippen molar-refractivity contribution in [3.8, 4) is 0 Å². The number of carboxylic acids is 1. The third-order valence-corrected chi connectivity index (χ3v) is 2.56. The lowest BCUT2D eigenvalue weighted by atomic mass is 10.2. The number of amides is 1. The van der Waals surface area contributed by atoms with Crippen LogP contribution in [0.5, 0.6) is 0 Å². The smallest absolute Gasteiger partial charge is 0.338 e. The van der Waals surface area contributed by atoms with Crippen LogP contribution in [0.2, 0.25) is 5.02 Å². The summed E-state index contributed by atoms with van der Waals surface area (Å²) in [7, 11) is 0. The number of aromatic carboxylic acids is 1. The third-order valence-electron chi connectivity index (χ3n) is 2.27. The highest BCUT2D eigenvalue weighted by Crippen LogP contribution is 2.22. The quantitative estimate of drug-likeness (QED) is 0.907. The van der Waals surface area contributed by atoms with Crippen molar-refractivity contribution < 1.29 is 23.5 Å². The molecule has 2 rings (SSSR count). The second-order valence-corrected chi connectivity index (χ2v) is 3.97. The number of furan rings is 1. The first-order chi connectivity index (χ1) is 8.99. The number of halogens is 2. The summed E-state index contributed by atoms with van der Waals surface area (Å²) >= 11 is 5.56. The molecule has 0 radical (unpaired) electrons. The zero-order valence-corrected chi connectivity index (χ0v) is 10.1. The summed E-state index contributed by atoms with van der Waals surface area (Å²) in [6, 6.07) is 5.16. The minimum atomic E-state index is -1.23. The fraction of sp³-hybridized carbons (Fsp3) is 0. The Morgan fingerprint density at radius 2 is 2.11 bits per heavy atom. The Bertz CT molecular complexity index is 653. The molecule has 0 aliphatic rings. The van der Waals surface area contributed by atoms with E-state index < -0.39 is 17.7 Å². The number of hydrogen-bond acceptors (Lipinski definition) is 3. The van der Waals surface area contributed by atoms with Crippen LogP contribution in [0.25, 0.3) is 0 Å². The van der Waals surface area contributed by atoms with Gasteiger partial charge in [-0.2, -0.15) is 0 Å². The lowest BCUT2D eigenvalue weighted by molar-refractivity contribution is 0.0696. The van der Waals surface area contributed by atoms with Gasteiger partial charge in [0.2, 0.25) is 0 Å². The maximum Gasteiger partial charge on any atom is 0.338 e. The largest absolute Gasteiger partial charge is 0.478 e. The number of rotatable bonds is 3. The highest BCUT2D eigenvalue weighted by atomic mass is 35.5. The van der Waals surface area contributed by atoms with Gasteiger partial charge in [0.1, 0.15) is 6.26 Å². The van der Waals surface area contributed by atoms with Gasteiger partial charge < -0.3 is 14.8 Å². The molecule has 0 saturated heterocycles. The first-order valence-electron chi connectivity index (χ1n) is 5.06. The predicted molar refractivity (Wildman–Crippen MR) is 65.0 cm³/mol. The highest BCUT2D eigenvalue weighted by Gasteiger charge is 2.16. The van der Waals surface area contributed by atoms with Crippen LogP contribution in [0.3, 0.4) is 0 Å². The Hall–Kier alpha value is -2.34. The van der Waals surface area contributed by atoms with E-state index in [1.165, 1.54) is 18.2 Å². The molecule has 0 aliphatic heterocycles. The normalized spacial score (nSPS) is 10.2. The van der Waals surface area contributed by atoms with Crippen molar-refractivity contribution in [2.75, 3.05) is 5.32 Å². The van der Waals surface area contributed by atoms with Crippen molar-refractivity contribution in [1.29, 1.82) is 0 Å². The lowest BCUT2D eigenvalue weighted by Crippen LogP contribution is -2.12. The van der Waals surface area contributed by atoms with E-state index in [0.29, 0.717) is 0 Å². The van der Waals surface area contributed by atoms with Crippen LogP contribution in [-0.4, -0.2) is 17.0 Å². The first kappa shape index (κ1) is 13.1. The monoisotopic (exact) mass is 283 g/mol. The Morgan fingerprint density at radius 1 is 1.37 bits per heavy atom. The molecule has 2 aromatic rings. The summed E-state index contributed by atoms with van der Waals surface area (Å²) in [6.45, 7) is 0. The Kier molecular flexibility index (Phi) is 3.52. The molecule has 0 fully saturated rings. The number of nitrogens with one attached hydrogen (secondary N) is 1. The van der Waals surface area contributed by atoms with Crippen molar-refractivity contribution in [3.63, 3.8) is 0 Å². The average Bonchev–Trinajstić information content (AvgIpc) is 2.84. The number of carboxylic acid groups (broad SMARTS) is 1. The van der Waals surface area contributed by atoms with E-state index in [2.05, 4.69) is 5.32 Å². The minimum Gasteiger partial charge on any atom is -0.478 e. The van der Waals surface area contributed by atoms with Crippen LogP contribution in [0.1, 0.15) is 20.9 Å². The maximum atomic E-state index is 13.5. The summed E-state index contributed by atoms with van der Waals surface area (Å²) < 4.78 is 18.3. The Morgan fingerprint density at radius 3 is 2.74 bits per heavy atom. The van der Waals surface area contributed by atoms with E-state index in [4.69, 9.17) is 21.1 Å². The van der Waals surface area contributed by atoms with E-state index in [1.807, 2.05) is 0 Å². The number of anilines is 1. The minimum absolute atomic E-state index is 0.120. The lowest BCUT2D eigenvalue weighted by Gasteiger charge is -2.05. The van der Waals surface area contributed by atoms with Crippen molar-refractivity contribution in [1.82, 2.24) is 0 Å². The van der Waals surface area contributed by atoms with Gasteiger partial charge in [-0.15, -0.1) is 0 Å². The zero-order valence-electron chi connectivity index (χ0n) is 9.31. The molecule has 0 unspecified atom stereocenters. The summed E-state index contributed by atoms with van der Waals surface area (Å²) in [6.07, 6.45) is 0.922. The summed E-state index contributed by atoms with van der Waals surface area (Å²) in [5.74, 6) is -3.01. The van der Waals surface area contributed by atoms with Gasteiger partial charge >= 0.3 is 5.97 Å². The average molecular weight is 284 g/mol. The van der Waals surface area contributed by atoms with E-state index in [-0.39, 0.29) is 22.0 Å². The molecule has 0 bridgehead atoms. The second kappa shape index (κ2) is 5.11. The first-order valence-corrected chi connectivity index (χ1v) is 5.44. The van der Waals surface area contributed by atoms with Crippen molar-refractivity contribution in [2.45, 2.75) is 0 Å². The second-order valence-electron chi connectivity index (χ2n) is 3.56. The van der Waals surface area contributed by atoms with Gasteiger partial charge in [0, 0.05) is 6.07 Å². The molecule has 1 aromatic heterocycles. The Labute approximate surface area is 111 Å². The standard InChI is InChI=1S/C12H7ClFNO4/c13-7-2-1-3-8(10(7)14)15-11(16)9-4-6(5-19-9)12(17)18/h1-5H,(H,15,16)(H,17,18). The number of carbonyl (C=O) groups excluding carboxylic acids is 1. The molecule has 1 amide bonds. The van der Waals surface area contributed by atoms with Gasteiger partial charge in [0.25, 0.3) is 5.91 Å². The molecule has 0 spiro atoms. The molecule has 7 heteroatoms. The van der Waals surface area contributed by atoms with Gasteiger partial charge in [0.15, 0.2) is 11.6 Å². The van der Waals surface area contributed by atoms with Gasteiger partial charge in [-0.1, -0.05) is 17.7 Å². The predicted octanol–water partition coefficient (Wildman–Crippen LogP) is 3.02. The molecule has 5 nitrogen and oxygen atoms in total. The van der Waals surface area contributed by atoms with E-state index in [1.54, 1.807) is 0 Å². The number of benzene rings is 1.